The number of pyridine rings is 2. The minimum absolute atomic E-state index is 0.130. The van der Waals surface area contributed by atoms with Crippen LogP contribution in [0.2, 0.25) is 10.0 Å². The summed E-state index contributed by atoms with van der Waals surface area (Å²) in [6, 6.07) is 4.46. The molecule has 0 saturated carbocycles. The molecule has 0 aliphatic carbocycles. The van der Waals surface area contributed by atoms with E-state index in [4.69, 9.17) is 23.2 Å². The Kier molecular flexibility index (Phi) is 5.47. The Morgan fingerprint density at radius 1 is 1.00 bits per heavy atom. The molecule has 17 heavy (non-hydrogen) atoms. The Morgan fingerprint density at radius 2 is 1.65 bits per heavy atom. The maximum absolute atomic E-state index is 10.6. The largest absolute Gasteiger partial charge is 0.328 e. The van der Waals surface area contributed by atoms with Crippen LogP contribution in [0.4, 0.5) is 0 Å². The maximum atomic E-state index is 10.6. The van der Waals surface area contributed by atoms with Gasteiger partial charge in [0.2, 0.25) is 5.56 Å². The number of hydrogen-bond donors (Lipinski definition) is 2. The SMILES string of the molecule is O=c1[nH]cc(Cl)cc1Br.O=c1ccc(Cl)c[nH]1. The summed E-state index contributed by atoms with van der Waals surface area (Å²) in [6.45, 7) is 0. The first kappa shape index (κ1) is 14.0. The smallest absolute Gasteiger partial charge is 0.262 e. The summed E-state index contributed by atoms with van der Waals surface area (Å²) in [5.41, 5.74) is -0.297. The first-order valence-electron chi connectivity index (χ1n) is 4.37. The predicted molar refractivity (Wildman–Crippen MR) is 71.8 cm³/mol. The maximum Gasteiger partial charge on any atom is 0.262 e. The van der Waals surface area contributed by atoms with Crippen molar-refractivity contribution in [3.8, 4) is 0 Å². The lowest BCUT2D eigenvalue weighted by Gasteiger charge is -1.87. The molecule has 0 amide bonds. The average Bonchev–Trinajstić information content (AvgIpc) is 2.29. The lowest BCUT2D eigenvalue weighted by Crippen LogP contribution is -2.03. The molecule has 0 aliphatic rings. The number of rotatable bonds is 0. The number of H-pyrrole nitrogens is 2. The Bertz CT molecular complexity index is 589. The summed E-state index contributed by atoms with van der Waals surface area (Å²) in [6.07, 6.45) is 2.89. The zero-order chi connectivity index (χ0) is 12.8. The number of hydrogen-bond acceptors (Lipinski definition) is 2. The van der Waals surface area contributed by atoms with Crippen LogP contribution in [0.5, 0.6) is 0 Å². The first-order valence-corrected chi connectivity index (χ1v) is 5.92. The summed E-state index contributed by atoms with van der Waals surface area (Å²) in [5.74, 6) is 0. The van der Waals surface area contributed by atoms with Crippen LogP contribution in [-0.4, -0.2) is 9.97 Å². The van der Waals surface area contributed by atoms with E-state index in [2.05, 4.69) is 25.9 Å². The molecule has 0 aliphatic heterocycles. The second-order valence-corrected chi connectivity index (χ2v) is 4.59. The first-order chi connectivity index (χ1) is 7.99. The summed E-state index contributed by atoms with van der Waals surface area (Å²) in [5, 5.41) is 1.06. The van der Waals surface area contributed by atoms with Crippen molar-refractivity contribution in [3.63, 3.8) is 0 Å². The highest BCUT2D eigenvalue weighted by atomic mass is 79.9. The standard InChI is InChI=1S/C5H3BrClNO.C5H4ClNO/c6-4-1-3(7)2-8-5(4)9;6-4-1-2-5(8)7-3-4/h1-2H,(H,8,9);1-3H,(H,7,8). The summed E-state index contributed by atoms with van der Waals surface area (Å²) in [4.78, 5) is 25.8. The van der Waals surface area contributed by atoms with E-state index in [1.807, 2.05) is 0 Å². The van der Waals surface area contributed by atoms with Crippen molar-refractivity contribution >= 4 is 39.1 Å². The summed E-state index contributed by atoms with van der Waals surface area (Å²) >= 11 is 14.0. The molecule has 0 bridgehead atoms. The molecular formula is C10H7BrCl2N2O2. The zero-order valence-electron chi connectivity index (χ0n) is 8.34. The van der Waals surface area contributed by atoms with Crippen LogP contribution in [0.25, 0.3) is 0 Å². The van der Waals surface area contributed by atoms with E-state index in [9.17, 15) is 9.59 Å². The van der Waals surface area contributed by atoms with Crippen LogP contribution < -0.4 is 11.1 Å². The van der Waals surface area contributed by atoms with Crippen molar-refractivity contribution in [2.45, 2.75) is 0 Å². The molecule has 0 aromatic carbocycles. The van der Waals surface area contributed by atoms with Gasteiger partial charge in [0, 0.05) is 18.5 Å². The highest BCUT2D eigenvalue weighted by Gasteiger charge is 1.92. The molecule has 0 radical (unpaired) electrons. The summed E-state index contributed by atoms with van der Waals surface area (Å²) < 4.78 is 0.454. The molecule has 2 aromatic heterocycles. The van der Waals surface area contributed by atoms with Crippen LogP contribution in [0.15, 0.2) is 44.7 Å². The molecule has 2 aromatic rings. The van der Waals surface area contributed by atoms with Gasteiger partial charge in [-0.15, -0.1) is 0 Å². The van der Waals surface area contributed by atoms with Gasteiger partial charge in [0.15, 0.2) is 0 Å². The van der Waals surface area contributed by atoms with Gasteiger partial charge in [-0.2, -0.15) is 0 Å². The van der Waals surface area contributed by atoms with E-state index in [0.29, 0.717) is 14.5 Å². The highest BCUT2D eigenvalue weighted by Crippen LogP contribution is 2.09. The minimum atomic E-state index is -0.167. The van der Waals surface area contributed by atoms with Crippen molar-refractivity contribution in [1.29, 1.82) is 0 Å². The lowest BCUT2D eigenvalue weighted by molar-refractivity contribution is 1.22. The summed E-state index contributed by atoms with van der Waals surface area (Å²) in [7, 11) is 0. The molecule has 2 rings (SSSR count). The van der Waals surface area contributed by atoms with E-state index in [-0.39, 0.29) is 11.1 Å². The molecule has 7 heteroatoms. The Balaban J connectivity index is 0.000000171. The molecule has 2 N–H and O–H groups in total. The zero-order valence-corrected chi connectivity index (χ0v) is 11.4. The lowest BCUT2D eigenvalue weighted by atomic mass is 10.5. The molecule has 90 valence electrons. The molecular weight excluding hydrogens is 331 g/mol. The molecule has 0 spiro atoms. The van der Waals surface area contributed by atoms with Crippen molar-refractivity contribution in [2.24, 2.45) is 0 Å². The second kappa shape index (κ2) is 6.64. The van der Waals surface area contributed by atoms with Gasteiger partial charge >= 0.3 is 0 Å². The fourth-order valence-corrected chi connectivity index (χ4v) is 1.60. The molecule has 4 nitrogen and oxygen atoms in total. The van der Waals surface area contributed by atoms with Crippen molar-refractivity contribution < 1.29 is 0 Å². The monoisotopic (exact) mass is 336 g/mol. The third kappa shape index (κ3) is 5.21. The van der Waals surface area contributed by atoms with Gasteiger partial charge in [-0.1, -0.05) is 23.2 Å². The van der Waals surface area contributed by atoms with Crippen LogP contribution in [0.1, 0.15) is 0 Å². The van der Waals surface area contributed by atoms with Gasteiger partial charge in [-0.25, -0.2) is 0 Å². The van der Waals surface area contributed by atoms with E-state index in [0.717, 1.165) is 0 Å². The van der Waals surface area contributed by atoms with Crippen molar-refractivity contribution in [1.82, 2.24) is 9.97 Å². The third-order valence-electron chi connectivity index (χ3n) is 1.57. The van der Waals surface area contributed by atoms with E-state index in [1.54, 1.807) is 12.1 Å². The van der Waals surface area contributed by atoms with Gasteiger partial charge in [0.05, 0.1) is 14.5 Å². The number of aromatic nitrogens is 2. The van der Waals surface area contributed by atoms with Crippen LogP contribution >= 0.6 is 39.1 Å². The third-order valence-corrected chi connectivity index (χ3v) is 2.61. The molecule has 0 saturated heterocycles. The molecule has 2 heterocycles. The highest BCUT2D eigenvalue weighted by molar-refractivity contribution is 9.10. The van der Waals surface area contributed by atoms with E-state index in [1.165, 1.54) is 18.5 Å². The van der Waals surface area contributed by atoms with Crippen molar-refractivity contribution in [3.05, 3.63) is 65.8 Å². The Hall–Kier alpha value is -1.04. The Labute approximate surface area is 115 Å². The fourth-order valence-electron chi connectivity index (χ4n) is 0.823. The van der Waals surface area contributed by atoms with Gasteiger partial charge in [0.1, 0.15) is 0 Å². The predicted octanol–water partition coefficient (Wildman–Crippen LogP) is 2.82. The number of aromatic amines is 2. The van der Waals surface area contributed by atoms with Gasteiger partial charge < -0.3 is 9.97 Å². The molecule has 0 unspecified atom stereocenters. The number of halogens is 3. The fraction of sp³-hybridized carbons (Fsp3) is 0. The number of nitrogens with one attached hydrogen (secondary N) is 2. The van der Waals surface area contributed by atoms with Gasteiger partial charge in [0.25, 0.3) is 5.56 Å². The van der Waals surface area contributed by atoms with E-state index < -0.39 is 0 Å². The molecule has 0 atom stereocenters. The second-order valence-electron chi connectivity index (χ2n) is 2.87. The van der Waals surface area contributed by atoms with E-state index >= 15 is 0 Å². The van der Waals surface area contributed by atoms with Crippen LogP contribution in [0.3, 0.4) is 0 Å². The quantitative estimate of drug-likeness (QED) is 0.776. The Morgan fingerprint density at radius 3 is 2.06 bits per heavy atom. The van der Waals surface area contributed by atoms with Crippen LogP contribution in [-0.2, 0) is 0 Å². The van der Waals surface area contributed by atoms with Gasteiger partial charge in [-0.05, 0) is 28.1 Å². The molecule has 0 fully saturated rings. The van der Waals surface area contributed by atoms with Crippen molar-refractivity contribution in [2.75, 3.05) is 0 Å². The van der Waals surface area contributed by atoms with Gasteiger partial charge in [-0.3, -0.25) is 9.59 Å². The topological polar surface area (TPSA) is 65.7 Å². The normalized spacial score (nSPS) is 9.35. The van der Waals surface area contributed by atoms with Crippen LogP contribution in [0, 0.1) is 0 Å². The average molecular weight is 338 g/mol. The minimum Gasteiger partial charge on any atom is -0.328 e.